The summed E-state index contributed by atoms with van der Waals surface area (Å²) in [7, 11) is 0. The molecule has 0 saturated heterocycles. The third kappa shape index (κ3) is 10.5. The van der Waals surface area contributed by atoms with Crippen LogP contribution < -0.4 is 24.0 Å². The van der Waals surface area contributed by atoms with E-state index in [1.54, 1.807) is 0 Å². The molecule has 0 aromatic carbocycles. The molecule has 0 aromatic heterocycles. The van der Waals surface area contributed by atoms with Crippen LogP contribution in [0.15, 0.2) is 0 Å². The van der Waals surface area contributed by atoms with Gasteiger partial charge in [-0.1, -0.05) is 13.8 Å². The predicted molar refractivity (Wildman–Crippen MR) is 35.2 cm³/mol. The molecule has 2 heteroatoms. The third-order valence-electron chi connectivity index (χ3n) is 1.15. The fourth-order valence-electron chi connectivity index (χ4n) is 0. The first-order valence-electron chi connectivity index (χ1n) is 2.44. The molecule has 0 aliphatic rings. The Hall–Kier alpha value is 1.50. The fourth-order valence-corrected chi connectivity index (χ4v) is 0. The maximum absolute atomic E-state index is 2.20. The van der Waals surface area contributed by atoms with Crippen LogP contribution in [-0.2, 0) is 0 Å². The molecule has 0 nitrogen and oxygen atoms in total. The molecule has 46 valence electrons. The maximum atomic E-state index is 2.20. The Labute approximate surface area is 86.0 Å². The molecule has 0 N–H and O–H groups in total. The molecule has 0 aliphatic heterocycles. The monoisotopic (exact) mass is 236 g/mol. The molecule has 0 fully saturated rings. The van der Waals surface area contributed by atoms with Crippen molar-refractivity contribution in [3.63, 3.8) is 0 Å². The van der Waals surface area contributed by atoms with E-state index >= 15 is 0 Å². The Morgan fingerprint density at radius 3 is 1.25 bits per heavy atom. The van der Waals surface area contributed by atoms with Crippen molar-refractivity contribution >= 4 is 23.1 Å². The van der Waals surface area contributed by atoms with Crippen molar-refractivity contribution in [1.29, 1.82) is 0 Å². The van der Waals surface area contributed by atoms with Crippen LogP contribution in [0.4, 0.5) is 0 Å². The van der Waals surface area contributed by atoms with Gasteiger partial charge in [-0.05, 0) is 0 Å². The Bertz CT molecular complexity index is 29.5. The van der Waals surface area contributed by atoms with E-state index in [-0.39, 0.29) is 47.0 Å². The molecule has 0 rings (SSSR count). The molecule has 0 radical (unpaired) electrons. The van der Waals surface area contributed by atoms with Crippen LogP contribution >= 0.6 is 0 Å². The van der Waals surface area contributed by atoms with E-state index in [2.05, 4.69) is 27.7 Å². The quantitative estimate of drug-likeness (QED) is 0.307. The summed E-state index contributed by atoms with van der Waals surface area (Å²) in [6, 6.07) is 0. The molecular formula is C6H13IMg. The van der Waals surface area contributed by atoms with Gasteiger partial charge in [0.15, 0.2) is 0 Å². The maximum Gasteiger partial charge on any atom is 2.00 e. The van der Waals surface area contributed by atoms with Gasteiger partial charge in [0.2, 0.25) is 0 Å². The number of halogens is 1. The van der Waals surface area contributed by atoms with Gasteiger partial charge < -0.3 is 29.9 Å². The number of rotatable bonds is 1. The summed E-state index contributed by atoms with van der Waals surface area (Å²) in [5, 5.41) is 0. The first kappa shape index (κ1) is 16.2. The van der Waals surface area contributed by atoms with Crippen molar-refractivity contribution in [2.75, 3.05) is 0 Å². The number of hydrogen-bond acceptors (Lipinski definition) is 0. The second kappa shape index (κ2) is 8.50. The Balaban J connectivity index is -0.000000125. The van der Waals surface area contributed by atoms with Crippen molar-refractivity contribution in [3.05, 3.63) is 5.92 Å². The fraction of sp³-hybridized carbons (Fsp3) is 0.833. The molecule has 0 atom stereocenters. The van der Waals surface area contributed by atoms with Crippen LogP contribution in [0.25, 0.3) is 0 Å². The second-order valence-electron chi connectivity index (χ2n) is 2.23. The molecule has 0 aliphatic carbocycles. The van der Waals surface area contributed by atoms with Crippen molar-refractivity contribution in [2.24, 2.45) is 5.92 Å². The van der Waals surface area contributed by atoms with Crippen molar-refractivity contribution < 1.29 is 24.0 Å². The van der Waals surface area contributed by atoms with Gasteiger partial charge in [0, 0.05) is 0 Å². The van der Waals surface area contributed by atoms with E-state index in [9.17, 15) is 0 Å². The van der Waals surface area contributed by atoms with Crippen molar-refractivity contribution in [3.8, 4) is 0 Å². The van der Waals surface area contributed by atoms with E-state index in [1.807, 2.05) is 0 Å². The summed E-state index contributed by atoms with van der Waals surface area (Å²) >= 11 is 0. The minimum absolute atomic E-state index is 0. The minimum atomic E-state index is 0. The van der Waals surface area contributed by atoms with E-state index in [0.717, 1.165) is 5.92 Å². The normalized spacial score (nSPS) is 8.25. The van der Waals surface area contributed by atoms with Gasteiger partial charge in [0.05, 0.1) is 0 Å². The molecule has 0 aromatic rings. The van der Waals surface area contributed by atoms with Crippen LogP contribution in [0.2, 0.25) is 0 Å². The Morgan fingerprint density at radius 1 is 1.12 bits per heavy atom. The summed E-state index contributed by atoms with van der Waals surface area (Å²) in [5.41, 5.74) is 0. The van der Waals surface area contributed by atoms with Crippen LogP contribution in [0.5, 0.6) is 0 Å². The topological polar surface area (TPSA) is 0 Å². The molecule has 0 amide bonds. The van der Waals surface area contributed by atoms with Gasteiger partial charge in [0.1, 0.15) is 0 Å². The summed E-state index contributed by atoms with van der Waals surface area (Å²) < 4.78 is 0. The smallest absolute Gasteiger partial charge is 1.00 e. The van der Waals surface area contributed by atoms with E-state index in [4.69, 9.17) is 0 Å². The summed E-state index contributed by atoms with van der Waals surface area (Å²) in [5.74, 6) is 2.28. The average Bonchev–Trinajstić information content (AvgIpc) is 1.36. The standard InChI is InChI=1S/C6H13.HI.Mg/c1-5(2)6(3)4;;/h5H,1-4H3;1H;/q-1;;+2/p-1. The molecule has 8 heavy (non-hydrogen) atoms. The van der Waals surface area contributed by atoms with Gasteiger partial charge in [-0.2, -0.15) is 19.8 Å². The van der Waals surface area contributed by atoms with Crippen LogP contribution in [0.1, 0.15) is 27.7 Å². The predicted octanol–water partition coefficient (Wildman–Crippen LogP) is -1.12. The third-order valence-corrected chi connectivity index (χ3v) is 1.15. The Morgan fingerprint density at radius 2 is 1.25 bits per heavy atom. The van der Waals surface area contributed by atoms with Crippen LogP contribution in [0, 0.1) is 11.8 Å². The van der Waals surface area contributed by atoms with E-state index in [0.29, 0.717) is 0 Å². The molecule has 0 bridgehead atoms. The van der Waals surface area contributed by atoms with Crippen LogP contribution in [-0.4, -0.2) is 23.1 Å². The van der Waals surface area contributed by atoms with E-state index < -0.39 is 0 Å². The molecule has 0 unspecified atom stereocenters. The Kier molecular flexibility index (Phi) is 17.3. The van der Waals surface area contributed by atoms with Gasteiger partial charge >= 0.3 is 23.1 Å². The summed E-state index contributed by atoms with van der Waals surface area (Å²) in [4.78, 5) is 0. The minimum Gasteiger partial charge on any atom is -1.00 e. The van der Waals surface area contributed by atoms with Gasteiger partial charge in [-0.3, -0.25) is 0 Å². The van der Waals surface area contributed by atoms with Gasteiger partial charge in [-0.25, -0.2) is 0 Å². The zero-order valence-electron chi connectivity index (χ0n) is 6.16. The van der Waals surface area contributed by atoms with Crippen LogP contribution in [0.3, 0.4) is 0 Å². The van der Waals surface area contributed by atoms with Crippen molar-refractivity contribution in [1.82, 2.24) is 0 Å². The largest absolute Gasteiger partial charge is 2.00 e. The first-order valence-corrected chi connectivity index (χ1v) is 2.44. The zero-order chi connectivity index (χ0) is 5.15. The molecular weight excluding hydrogens is 223 g/mol. The van der Waals surface area contributed by atoms with Gasteiger partial charge in [0.25, 0.3) is 0 Å². The van der Waals surface area contributed by atoms with E-state index in [1.165, 1.54) is 5.92 Å². The second-order valence-corrected chi connectivity index (χ2v) is 2.23. The SMILES string of the molecule is C[C-](C)C(C)C.[I-].[Mg+2]. The molecule has 0 spiro atoms. The van der Waals surface area contributed by atoms with Crippen molar-refractivity contribution in [2.45, 2.75) is 27.7 Å². The first-order chi connectivity index (χ1) is 2.64. The average molecular weight is 236 g/mol. The molecule has 0 saturated carbocycles. The summed E-state index contributed by atoms with van der Waals surface area (Å²) in [6.07, 6.45) is 0. The summed E-state index contributed by atoms with van der Waals surface area (Å²) in [6.45, 7) is 8.72. The zero-order valence-corrected chi connectivity index (χ0v) is 9.73. The number of hydrogen-bond donors (Lipinski definition) is 0. The van der Waals surface area contributed by atoms with Gasteiger partial charge in [-0.15, -0.1) is 0 Å². The molecule has 0 heterocycles.